The molecule has 0 N–H and O–H groups in total. The number of benzene rings is 1. The summed E-state index contributed by atoms with van der Waals surface area (Å²) in [6, 6.07) is 7.64. The third kappa shape index (κ3) is 3.40. The number of para-hydroxylation sites is 1. The van der Waals surface area contributed by atoms with Crippen molar-refractivity contribution >= 4 is 10.9 Å². The molecule has 29 heavy (non-hydrogen) atoms. The number of aryl methyl sites for hydroxylation is 1. The van der Waals surface area contributed by atoms with Crippen LogP contribution in [0.25, 0.3) is 10.9 Å². The summed E-state index contributed by atoms with van der Waals surface area (Å²) >= 11 is 0. The molecule has 2 aromatic heterocycles. The maximum atomic E-state index is 13.3. The van der Waals surface area contributed by atoms with E-state index in [0.29, 0.717) is 23.4 Å². The van der Waals surface area contributed by atoms with Gasteiger partial charge in [0.1, 0.15) is 5.82 Å². The van der Waals surface area contributed by atoms with Crippen molar-refractivity contribution in [1.29, 1.82) is 0 Å². The Morgan fingerprint density at radius 1 is 1.10 bits per heavy atom. The summed E-state index contributed by atoms with van der Waals surface area (Å²) in [5.74, 6) is 1.42. The van der Waals surface area contributed by atoms with Crippen LogP contribution in [0.15, 0.2) is 46.4 Å². The number of likely N-dealkylation sites (tertiary alicyclic amines) is 1. The molecular weight excluding hydrogens is 366 g/mol. The molecule has 1 atom stereocenters. The molecule has 3 heterocycles. The summed E-state index contributed by atoms with van der Waals surface area (Å²) in [5, 5.41) is 0.683. The van der Waals surface area contributed by atoms with E-state index in [-0.39, 0.29) is 17.2 Å². The quantitative estimate of drug-likeness (QED) is 0.667. The Morgan fingerprint density at radius 2 is 1.93 bits per heavy atom. The molecule has 2 fully saturated rings. The lowest BCUT2D eigenvalue weighted by Gasteiger charge is -2.26. The Labute approximate surface area is 168 Å². The molecule has 0 bridgehead atoms. The minimum Gasteiger partial charge on any atom is -0.302 e. The molecule has 7 heteroatoms. The van der Waals surface area contributed by atoms with Crippen LogP contribution >= 0.6 is 0 Å². The van der Waals surface area contributed by atoms with Gasteiger partial charge in [-0.3, -0.25) is 19.1 Å². The zero-order valence-corrected chi connectivity index (χ0v) is 16.6. The fraction of sp³-hybridized carbons (Fsp3) is 0.455. The highest BCUT2D eigenvalue weighted by molar-refractivity contribution is 5.77. The van der Waals surface area contributed by atoms with E-state index in [1.54, 1.807) is 13.2 Å². The molecule has 0 radical (unpaired) electrons. The normalized spacial score (nSPS) is 19.8. The number of fused-ring (bicyclic) bond motifs is 1. The van der Waals surface area contributed by atoms with Gasteiger partial charge in [0.2, 0.25) is 0 Å². The number of aromatic nitrogens is 4. The van der Waals surface area contributed by atoms with Crippen molar-refractivity contribution in [2.24, 2.45) is 13.0 Å². The van der Waals surface area contributed by atoms with Crippen LogP contribution in [0, 0.1) is 5.92 Å². The first-order chi connectivity index (χ1) is 14.1. The highest BCUT2D eigenvalue weighted by atomic mass is 16.1. The van der Waals surface area contributed by atoms with E-state index >= 15 is 0 Å². The van der Waals surface area contributed by atoms with E-state index in [0.717, 1.165) is 37.3 Å². The van der Waals surface area contributed by atoms with E-state index in [1.807, 2.05) is 28.8 Å². The molecule has 1 aliphatic carbocycles. The van der Waals surface area contributed by atoms with Crippen LogP contribution in [-0.2, 0) is 20.1 Å². The van der Waals surface area contributed by atoms with Gasteiger partial charge >= 0.3 is 0 Å². The average Bonchev–Trinajstić information content (AvgIpc) is 3.43. The summed E-state index contributed by atoms with van der Waals surface area (Å²) in [4.78, 5) is 37.1. The Hall–Kier alpha value is -2.80. The van der Waals surface area contributed by atoms with E-state index in [1.165, 1.54) is 23.7 Å². The Kier molecular flexibility index (Phi) is 4.54. The minimum atomic E-state index is -0.0208. The second kappa shape index (κ2) is 7.22. The maximum absolute atomic E-state index is 13.3. The lowest BCUT2D eigenvalue weighted by atomic mass is 10.1. The van der Waals surface area contributed by atoms with Crippen LogP contribution in [0.5, 0.6) is 0 Å². The van der Waals surface area contributed by atoms with Gasteiger partial charge in [0.05, 0.1) is 23.3 Å². The van der Waals surface area contributed by atoms with Gasteiger partial charge in [-0.2, -0.15) is 0 Å². The summed E-state index contributed by atoms with van der Waals surface area (Å²) < 4.78 is 3.42. The molecule has 0 amide bonds. The van der Waals surface area contributed by atoms with Crippen LogP contribution in [0.4, 0.5) is 0 Å². The van der Waals surface area contributed by atoms with Gasteiger partial charge < -0.3 is 4.57 Å². The number of nitrogens with zero attached hydrogens (tertiary/aromatic N) is 5. The predicted molar refractivity (Wildman–Crippen MR) is 111 cm³/mol. The van der Waals surface area contributed by atoms with Crippen LogP contribution in [0.3, 0.4) is 0 Å². The SMILES string of the molecule is Cn1cncc(CN2CCCC2c2nc3ccccc3c(=O)n2CC2CC2)c1=O. The van der Waals surface area contributed by atoms with E-state index in [9.17, 15) is 9.59 Å². The van der Waals surface area contributed by atoms with Crippen molar-refractivity contribution in [3.63, 3.8) is 0 Å². The van der Waals surface area contributed by atoms with Crippen LogP contribution in [-0.4, -0.2) is 30.5 Å². The molecule has 5 rings (SSSR count). The third-order valence-corrected chi connectivity index (χ3v) is 6.13. The van der Waals surface area contributed by atoms with Gasteiger partial charge in [-0.05, 0) is 50.3 Å². The second-order valence-electron chi connectivity index (χ2n) is 8.31. The second-order valence-corrected chi connectivity index (χ2v) is 8.31. The summed E-state index contributed by atoms with van der Waals surface area (Å²) in [7, 11) is 1.72. The first kappa shape index (κ1) is 18.2. The number of hydrogen-bond donors (Lipinski definition) is 0. The van der Waals surface area contributed by atoms with Crippen molar-refractivity contribution in [2.75, 3.05) is 6.54 Å². The number of rotatable bonds is 5. The molecule has 2 aliphatic rings. The Balaban J connectivity index is 1.57. The Morgan fingerprint density at radius 3 is 2.76 bits per heavy atom. The average molecular weight is 391 g/mol. The highest BCUT2D eigenvalue weighted by Gasteiger charge is 2.32. The van der Waals surface area contributed by atoms with Gasteiger partial charge in [0, 0.05) is 31.9 Å². The van der Waals surface area contributed by atoms with Crippen LogP contribution < -0.4 is 11.1 Å². The monoisotopic (exact) mass is 391 g/mol. The number of hydrogen-bond acceptors (Lipinski definition) is 5. The van der Waals surface area contributed by atoms with Crippen molar-refractivity contribution in [3.05, 3.63) is 68.9 Å². The van der Waals surface area contributed by atoms with Crippen LogP contribution in [0.2, 0.25) is 0 Å². The zero-order valence-electron chi connectivity index (χ0n) is 16.6. The van der Waals surface area contributed by atoms with Gasteiger partial charge in [-0.25, -0.2) is 9.97 Å². The minimum absolute atomic E-state index is 0.0208. The molecule has 1 unspecified atom stereocenters. The topological polar surface area (TPSA) is 73.0 Å². The molecule has 1 aliphatic heterocycles. The molecular formula is C22H25N5O2. The van der Waals surface area contributed by atoms with Gasteiger partial charge in [-0.15, -0.1) is 0 Å². The van der Waals surface area contributed by atoms with Crippen molar-refractivity contribution < 1.29 is 0 Å². The molecule has 1 saturated carbocycles. The molecule has 1 saturated heterocycles. The van der Waals surface area contributed by atoms with E-state index in [4.69, 9.17) is 4.98 Å². The molecule has 3 aromatic rings. The molecule has 0 spiro atoms. The summed E-state index contributed by atoms with van der Waals surface area (Å²) in [6.07, 6.45) is 7.51. The van der Waals surface area contributed by atoms with Crippen LogP contribution in [0.1, 0.15) is 43.1 Å². The van der Waals surface area contributed by atoms with E-state index < -0.39 is 0 Å². The lowest BCUT2D eigenvalue weighted by Crippen LogP contribution is -2.34. The third-order valence-electron chi connectivity index (χ3n) is 6.13. The standard InChI is InChI=1S/C22H25N5O2/c1-25-14-23-11-16(21(25)28)13-26-10-4-7-19(26)20-24-18-6-3-2-5-17(18)22(29)27(20)12-15-8-9-15/h2-3,5-6,11,14-15,19H,4,7-10,12-13H2,1H3. The largest absolute Gasteiger partial charge is 0.302 e. The van der Waals surface area contributed by atoms with Gasteiger partial charge in [0.15, 0.2) is 0 Å². The fourth-order valence-electron chi connectivity index (χ4n) is 4.37. The lowest BCUT2D eigenvalue weighted by molar-refractivity contribution is 0.230. The fourth-order valence-corrected chi connectivity index (χ4v) is 4.37. The van der Waals surface area contributed by atoms with Gasteiger partial charge in [-0.1, -0.05) is 12.1 Å². The van der Waals surface area contributed by atoms with Crippen molar-refractivity contribution in [2.45, 2.75) is 44.8 Å². The maximum Gasteiger partial charge on any atom is 0.261 e. The first-order valence-electron chi connectivity index (χ1n) is 10.3. The molecule has 1 aromatic carbocycles. The molecule has 150 valence electrons. The summed E-state index contributed by atoms with van der Waals surface area (Å²) in [6.45, 7) is 2.15. The zero-order chi connectivity index (χ0) is 20.0. The predicted octanol–water partition coefficient (Wildman–Crippen LogP) is 2.24. The van der Waals surface area contributed by atoms with Crippen molar-refractivity contribution in [3.8, 4) is 0 Å². The molecule has 7 nitrogen and oxygen atoms in total. The Bertz CT molecular complexity index is 1180. The smallest absolute Gasteiger partial charge is 0.261 e. The summed E-state index contributed by atoms with van der Waals surface area (Å²) in [5.41, 5.74) is 1.47. The van der Waals surface area contributed by atoms with E-state index in [2.05, 4.69) is 9.88 Å². The van der Waals surface area contributed by atoms with Crippen molar-refractivity contribution in [1.82, 2.24) is 24.0 Å². The first-order valence-corrected chi connectivity index (χ1v) is 10.3. The highest BCUT2D eigenvalue weighted by Crippen LogP contribution is 2.35. The van der Waals surface area contributed by atoms with Gasteiger partial charge in [0.25, 0.3) is 11.1 Å².